The Balaban J connectivity index is 1.25. The standard InChI is InChI=1S/C33H28N2O7/c36-29(34-22-11-5-2-6-12-22)26-18-21-15-16-23(19-28(21)42-32(26)39)41-33(40)27(17-20-9-3-1-4-10-20)35-30(37)24-13-7-8-14-25(24)31(35)38/h1,3-4,7-10,13-16,18-19,22,27H,2,5-6,11-12,17H2,(H,34,36). The summed E-state index contributed by atoms with van der Waals surface area (Å²) in [5.41, 5.74) is 0.423. The molecule has 6 rings (SSSR count). The van der Waals surface area contributed by atoms with E-state index in [-0.39, 0.29) is 40.5 Å². The molecule has 3 amide bonds. The second-order valence-corrected chi connectivity index (χ2v) is 10.6. The van der Waals surface area contributed by atoms with E-state index in [4.69, 9.17) is 9.15 Å². The lowest BCUT2D eigenvalue weighted by Gasteiger charge is -2.24. The van der Waals surface area contributed by atoms with Crippen LogP contribution in [0.2, 0.25) is 0 Å². The maximum Gasteiger partial charge on any atom is 0.349 e. The van der Waals surface area contributed by atoms with E-state index < -0.39 is 35.4 Å². The molecule has 3 aromatic carbocycles. The summed E-state index contributed by atoms with van der Waals surface area (Å²) in [7, 11) is 0. The first-order valence-corrected chi connectivity index (χ1v) is 14.0. The molecule has 0 radical (unpaired) electrons. The van der Waals surface area contributed by atoms with Crippen LogP contribution >= 0.6 is 0 Å². The van der Waals surface area contributed by atoms with Crippen LogP contribution in [0.5, 0.6) is 5.75 Å². The minimum atomic E-state index is -1.24. The molecule has 1 aliphatic heterocycles. The Morgan fingerprint density at radius 1 is 0.857 bits per heavy atom. The van der Waals surface area contributed by atoms with Crippen molar-refractivity contribution < 1.29 is 28.3 Å². The molecule has 1 unspecified atom stereocenters. The van der Waals surface area contributed by atoms with E-state index in [1.54, 1.807) is 54.6 Å². The third kappa shape index (κ3) is 5.33. The third-order valence-corrected chi connectivity index (χ3v) is 7.79. The Bertz CT molecular complexity index is 1720. The second-order valence-electron chi connectivity index (χ2n) is 10.6. The van der Waals surface area contributed by atoms with E-state index in [1.807, 2.05) is 6.07 Å². The minimum absolute atomic E-state index is 0.0362. The van der Waals surface area contributed by atoms with Gasteiger partial charge in [-0.05, 0) is 48.7 Å². The Hall–Kier alpha value is -5.05. The molecular weight excluding hydrogens is 536 g/mol. The Labute approximate surface area is 241 Å². The van der Waals surface area contributed by atoms with E-state index in [0.29, 0.717) is 5.39 Å². The number of nitrogens with zero attached hydrogens (tertiary/aromatic N) is 1. The maximum atomic E-state index is 13.6. The predicted octanol–water partition coefficient (Wildman–Crippen LogP) is 4.67. The highest BCUT2D eigenvalue weighted by Gasteiger charge is 2.43. The molecule has 1 saturated carbocycles. The molecule has 2 heterocycles. The van der Waals surface area contributed by atoms with Crippen molar-refractivity contribution in [2.45, 2.75) is 50.6 Å². The average molecular weight is 565 g/mol. The number of fused-ring (bicyclic) bond motifs is 2. The number of benzene rings is 3. The molecule has 212 valence electrons. The first kappa shape index (κ1) is 27.1. The number of imide groups is 1. The summed E-state index contributed by atoms with van der Waals surface area (Å²) in [5, 5.41) is 3.40. The zero-order valence-electron chi connectivity index (χ0n) is 22.7. The van der Waals surface area contributed by atoms with Crippen LogP contribution in [0.15, 0.2) is 88.1 Å². The molecule has 4 aromatic rings. The van der Waals surface area contributed by atoms with Gasteiger partial charge in [-0.3, -0.25) is 19.3 Å². The number of hydrogen-bond acceptors (Lipinski definition) is 7. The quantitative estimate of drug-likeness (QED) is 0.150. The molecule has 9 heteroatoms. The third-order valence-electron chi connectivity index (χ3n) is 7.79. The van der Waals surface area contributed by atoms with Gasteiger partial charge in [0.05, 0.1) is 11.1 Å². The summed E-state index contributed by atoms with van der Waals surface area (Å²) < 4.78 is 11.1. The van der Waals surface area contributed by atoms with E-state index in [2.05, 4.69) is 5.32 Å². The second kappa shape index (κ2) is 11.4. The van der Waals surface area contributed by atoms with Crippen LogP contribution < -0.4 is 15.7 Å². The van der Waals surface area contributed by atoms with Crippen molar-refractivity contribution in [1.29, 1.82) is 0 Å². The summed E-state index contributed by atoms with van der Waals surface area (Å²) in [4.78, 5) is 66.5. The molecule has 1 atom stereocenters. The molecular formula is C33H28N2O7. The van der Waals surface area contributed by atoms with Gasteiger partial charge in [-0.1, -0.05) is 61.7 Å². The van der Waals surface area contributed by atoms with Gasteiger partial charge < -0.3 is 14.5 Å². The fourth-order valence-electron chi connectivity index (χ4n) is 5.62. The molecule has 1 aliphatic carbocycles. The van der Waals surface area contributed by atoms with Crippen LogP contribution in [0.25, 0.3) is 11.0 Å². The Kier molecular flexibility index (Phi) is 7.39. The van der Waals surface area contributed by atoms with Gasteiger partial charge in [0.15, 0.2) is 0 Å². The van der Waals surface area contributed by atoms with Gasteiger partial charge in [-0.15, -0.1) is 0 Å². The van der Waals surface area contributed by atoms with Crippen LogP contribution in [0.1, 0.15) is 68.7 Å². The van der Waals surface area contributed by atoms with Crippen LogP contribution in [-0.4, -0.2) is 40.7 Å². The minimum Gasteiger partial charge on any atom is -0.425 e. The van der Waals surface area contributed by atoms with Gasteiger partial charge in [0.25, 0.3) is 17.7 Å². The number of rotatable bonds is 7. The topological polar surface area (TPSA) is 123 Å². The molecule has 0 spiro atoms. The predicted molar refractivity (Wildman–Crippen MR) is 153 cm³/mol. The van der Waals surface area contributed by atoms with Gasteiger partial charge in [0, 0.05) is 23.9 Å². The normalized spacial score (nSPS) is 15.9. The number of ether oxygens (including phenoxy) is 1. The van der Waals surface area contributed by atoms with Crippen LogP contribution in [0.4, 0.5) is 0 Å². The molecule has 9 nitrogen and oxygen atoms in total. The summed E-state index contributed by atoms with van der Waals surface area (Å²) in [5.74, 6) is -2.38. The summed E-state index contributed by atoms with van der Waals surface area (Å²) in [6.07, 6.45) is 5.03. The molecule has 2 aliphatic rings. The number of esters is 1. The molecule has 0 bridgehead atoms. The molecule has 1 aromatic heterocycles. The first-order chi connectivity index (χ1) is 20.4. The first-order valence-electron chi connectivity index (χ1n) is 14.0. The van der Waals surface area contributed by atoms with E-state index in [1.165, 1.54) is 18.2 Å². The van der Waals surface area contributed by atoms with E-state index >= 15 is 0 Å². The van der Waals surface area contributed by atoms with Gasteiger partial charge in [-0.2, -0.15) is 0 Å². The van der Waals surface area contributed by atoms with Gasteiger partial charge in [0.1, 0.15) is 22.9 Å². The van der Waals surface area contributed by atoms with Crippen LogP contribution in [0, 0.1) is 0 Å². The molecule has 0 saturated heterocycles. The fraction of sp³-hybridized carbons (Fsp3) is 0.242. The average Bonchev–Trinajstić information content (AvgIpc) is 3.25. The van der Waals surface area contributed by atoms with Crippen molar-refractivity contribution in [3.8, 4) is 5.75 Å². The number of hydrogen-bond donors (Lipinski definition) is 1. The monoisotopic (exact) mass is 564 g/mol. The van der Waals surface area contributed by atoms with Gasteiger partial charge in [-0.25, -0.2) is 9.59 Å². The van der Waals surface area contributed by atoms with Crippen molar-refractivity contribution in [2.75, 3.05) is 0 Å². The van der Waals surface area contributed by atoms with E-state index in [9.17, 15) is 24.0 Å². The number of nitrogens with one attached hydrogen (secondary N) is 1. The summed E-state index contributed by atoms with van der Waals surface area (Å²) >= 11 is 0. The summed E-state index contributed by atoms with van der Waals surface area (Å²) in [6.45, 7) is 0. The van der Waals surface area contributed by atoms with Crippen molar-refractivity contribution in [2.24, 2.45) is 0 Å². The highest BCUT2D eigenvalue weighted by Crippen LogP contribution is 2.28. The summed E-state index contributed by atoms with van der Waals surface area (Å²) in [6, 6.07) is 20.2. The lowest BCUT2D eigenvalue weighted by molar-refractivity contribution is -0.138. The highest BCUT2D eigenvalue weighted by atomic mass is 16.5. The number of carbonyl (C=O) groups excluding carboxylic acids is 4. The zero-order chi connectivity index (χ0) is 29.2. The van der Waals surface area contributed by atoms with Crippen molar-refractivity contribution in [3.63, 3.8) is 0 Å². The van der Waals surface area contributed by atoms with E-state index in [0.717, 1.165) is 42.6 Å². The van der Waals surface area contributed by atoms with Crippen molar-refractivity contribution in [3.05, 3.63) is 112 Å². The lowest BCUT2D eigenvalue weighted by Crippen LogP contribution is -2.48. The van der Waals surface area contributed by atoms with Crippen molar-refractivity contribution in [1.82, 2.24) is 10.2 Å². The van der Waals surface area contributed by atoms with Crippen LogP contribution in [0.3, 0.4) is 0 Å². The largest absolute Gasteiger partial charge is 0.425 e. The zero-order valence-corrected chi connectivity index (χ0v) is 22.7. The molecule has 42 heavy (non-hydrogen) atoms. The molecule has 1 N–H and O–H groups in total. The number of carbonyl (C=O) groups is 4. The lowest BCUT2D eigenvalue weighted by atomic mass is 9.95. The van der Waals surface area contributed by atoms with Gasteiger partial charge in [0.2, 0.25) is 0 Å². The fourth-order valence-corrected chi connectivity index (χ4v) is 5.62. The van der Waals surface area contributed by atoms with Gasteiger partial charge >= 0.3 is 11.6 Å². The Morgan fingerprint density at radius 2 is 1.52 bits per heavy atom. The smallest absolute Gasteiger partial charge is 0.349 e. The highest BCUT2D eigenvalue weighted by molar-refractivity contribution is 6.22. The maximum absolute atomic E-state index is 13.6. The SMILES string of the molecule is O=C(NC1CCCCC1)c1cc2ccc(OC(=O)C(Cc3ccccc3)N3C(=O)c4ccccc4C3=O)cc2oc1=O. The molecule has 1 fully saturated rings. The Morgan fingerprint density at radius 3 is 2.21 bits per heavy atom. The van der Waals surface area contributed by atoms with Crippen LogP contribution in [-0.2, 0) is 11.2 Å². The number of amides is 3. The van der Waals surface area contributed by atoms with Crippen molar-refractivity contribution >= 4 is 34.7 Å².